The number of nitrogens with two attached hydrogens (primary N) is 2. The molecule has 1 rings (SSSR count). The van der Waals surface area contributed by atoms with Crippen molar-refractivity contribution < 1.29 is 13.2 Å². The molecular weight excluding hydrogens is 218 g/mol. The molecule has 0 atom stereocenters. The van der Waals surface area contributed by atoms with Gasteiger partial charge in [0.1, 0.15) is 0 Å². The third kappa shape index (κ3) is 2.45. The largest absolute Gasteiger partial charge is 0.398 e. The van der Waals surface area contributed by atoms with Crippen LogP contribution in [-0.4, -0.2) is 21.4 Å². The summed E-state index contributed by atoms with van der Waals surface area (Å²) in [5.41, 5.74) is 5.80. The van der Waals surface area contributed by atoms with E-state index in [-0.39, 0.29) is 16.1 Å². The number of amides is 1. The number of hydrogen-bond donors (Lipinski definition) is 3. The molecule has 15 heavy (non-hydrogen) atoms. The van der Waals surface area contributed by atoms with Gasteiger partial charge in [0.05, 0.1) is 10.5 Å². The fourth-order valence-electron chi connectivity index (χ4n) is 1.04. The Morgan fingerprint density at radius 2 is 2.00 bits per heavy atom. The Labute approximate surface area is 87.3 Å². The van der Waals surface area contributed by atoms with Crippen molar-refractivity contribution in [2.75, 3.05) is 12.8 Å². The maximum atomic E-state index is 11.3. The van der Waals surface area contributed by atoms with Crippen molar-refractivity contribution in [2.24, 2.45) is 5.14 Å². The molecule has 0 saturated carbocycles. The summed E-state index contributed by atoms with van der Waals surface area (Å²) in [6, 6.07) is 3.71. The molecule has 0 fully saturated rings. The lowest BCUT2D eigenvalue weighted by atomic mass is 10.2. The van der Waals surface area contributed by atoms with Gasteiger partial charge in [-0.1, -0.05) is 0 Å². The third-order valence-corrected chi connectivity index (χ3v) is 2.74. The van der Waals surface area contributed by atoms with Gasteiger partial charge >= 0.3 is 0 Å². The SMILES string of the molecule is CNC(=O)c1cc(S(N)(=O)=O)ccc1N. The zero-order valence-corrected chi connectivity index (χ0v) is 8.84. The molecule has 0 unspecified atom stereocenters. The fourth-order valence-corrected chi connectivity index (χ4v) is 1.58. The zero-order chi connectivity index (χ0) is 11.6. The molecule has 1 amide bonds. The second-order valence-corrected chi connectivity index (χ2v) is 4.43. The van der Waals surface area contributed by atoms with E-state index >= 15 is 0 Å². The van der Waals surface area contributed by atoms with Gasteiger partial charge in [-0.05, 0) is 18.2 Å². The Kier molecular flexibility index (Phi) is 2.96. The van der Waals surface area contributed by atoms with E-state index in [1.165, 1.54) is 19.2 Å². The second-order valence-electron chi connectivity index (χ2n) is 2.87. The molecule has 0 spiro atoms. The molecule has 1 aromatic rings. The summed E-state index contributed by atoms with van der Waals surface area (Å²) in [7, 11) is -2.40. The van der Waals surface area contributed by atoms with Crippen molar-refractivity contribution in [3.05, 3.63) is 23.8 Å². The minimum atomic E-state index is -3.82. The predicted molar refractivity (Wildman–Crippen MR) is 55.6 cm³/mol. The molecule has 0 aliphatic rings. The summed E-state index contributed by atoms with van der Waals surface area (Å²) in [6.45, 7) is 0. The first-order valence-electron chi connectivity index (χ1n) is 4.00. The molecule has 0 heterocycles. The molecule has 0 saturated heterocycles. The fraction of sp³-hybridized carbons (Fsp3) is 0.125. The highest BCUT2D eigenvalue weighted by Gasteiger charge is 2.13. The Hall–Kier alpha value is -1.60. The Bertz CT molecular complexity index is 496. The summed E-state index contributed by atoms with van der Waals surface area (Å²) >= 11 is 0. The Morgan fingerprint density at radius 1 is 1.40 bits per heavy atom. The maximum Gasteiger partial charge on any atom is 0.253 e. The van der Waals surface area contributed by atoms with Crippen LogP contribution in [0.3, 0.4) is 0 Å². The minimum Gasteiger partial charge on any atom is -0.398 e. The number of benzene rings is 1. The topological polar surface area (TPSA) is 115 Å². The van der Waals surface area contributed by atoms with Crippen molar-refractivity contribution >= 4 is 21.6 Å². The predicted octanol–water partition coefficient (Wildman–Crippen LogP) is -0.724. The van der Waals surface area contributed by atoms with Crippen molar-refractivity contribution in [1.29, 1.82) is 0 Å². The molecule has 0 aliphatic carbocycles. The number of primary sulfonamides is 1. The van der Waals surface area contributed by atoms with Crippen LogP contribution in [0, 0.1) is 0 Å². The van der Waals surface area contributed by atoms with Gasteiger partial charge in [-0.15, -0.1) is 0 Å². The molecular formula is C8H11N3O3S. The molecule has 6 nitrogen and oxygen atoms in total. The van der Waals surface area contributed by atoms with Crippen LogP contribution < -0.4 is 16.2 Å². The van der Waals surface area contributed by atoms with Crippen LogP contribution >= 0.6 is 0 Å². The van der Waals surface area contributed by atoms with Crippen molar-refractivity contribution in [2.45, 2.75) is 4.90 Å². The van der Waals surface area contributed by atoms with Crippen LogP contribution in [0.1, 0.15) is 10.4 Å². The highest BCUT2D eigenvalue weighted by Crippen LogP contribution is 2.16. The molecule has 1 aromatic carbocycles. The van der Waals surface area contributed by atoms with E-state index in [2.05, 4.69) is 5.32 Å². The van der Waals surface area contributed by atoms with Gasteiger partial charge in [0.15, 0.2) is 0 Å². The summed E-state index contributed by atoms with van der Waals surface area (Å²) in [6.07, 6.45) is 0. The molecule has 82 valence electrons. The number of hydrogen-bond acceptors (Lipinski definition) is 4. The van der Waals surface area contributed by atoms with Gasteiger partial charge in [0.2, 0.25) is 10.0 Å². The number of nitrogen functional groups attached to an aromatic ring is 1. The van der Waals surface area contributed by atoms with E-state index in [0.717, 1.165) is 6.07 Å². The number of carbonyl (C=O) groups is 1. The number of rotatable bonds is 2. The van der Waals surface area contributed by atoms with E-state index in [4.69, 9.17) is 10.9 Å². The van der Waals surface area contributed by atoms with Crippen LogP contribution in [0.5, 0.6) is 0 Å². The van der Waals surface area contributed by atoms with Gasteiger partial charge in [-0.3, -0.25) is 4.79 Å². The maximum absolute atomic E-state index is 11.3. The Balaban J connectivity index is 3.36. The van der Waals surface area contributed by atoms with Gasteiger partial charge in [-0.25, -0.2) is 13.6 Å². The molecule has 0 aliphatic heterocycles. The van der Waals surface area contributed by atoms with Crippen LogP contribution in [0.15, 0.2) is 23.1 Å². The zero-order valence-electron chi connectivity index (χ0n) is 8.02. The lowest BCUT2D eigenvalue weighted by Gasteiger charge is -2.05. The molecule has 0 bridgehead atoms. The van der Waals surface area contributed by atoms with E-state index in [0.29, 0.717) is 0 Å². The van der Waals surface area contributed by atoms with Crippen LogP contribution in [0.4, 0.5) is 5.69 Å². The molecule has 5 N–H and O–H groups in total. The average Bonchev–Trinajstić information content (AvgIpc) is 2.15. The number of sulfonamides is 1. The smallest absolute Gasteiger partial charge is 0.253 e. The van der Waals surface area contributed by atoms with Crippen LogP contribution in [-0.2, 0) is 10.0 Å². The van der Waals surface area contributed by atoms with E-state index in [1.807, 2.05) is 0 Å². The van der Waals surface area contributed by atoms with Gasteiger partial charge in [0, 0.05) is 12.7 Å². The minimum absolute atomic E-state index is 0.0871. The molecule has 7 heteroatoms. The third-order valence-electron chi connectivity index (χ3n) is 1.82. The lowest BCUT2D eigenvalue weighted by molar-refractivity contribution is 0.0964. The van der Waals surface area contributed by atoms with E-state index in [9.17, 15) is 13.2 Å². The number of nitrogens with one attached hydrogen (secondary N) is 1. The lowest BCUT2D eigenvalue weighted by Crippen LogP contribution is -2.20. The highest BCUT2D eigenvalue weighted by molar-refractivity contribution is 7.89. The van der Waals surface area contributed by atoms with Gasteiger partial charge in [-0.2, -0.15) is 0 Å². The molecule has 0 aromatic heterocycles. The van der Waals surface area contributed by atoms with Crippen molar-refractivity contribution in [1.82, 2.24) is 5.32 Å². The van der Waals surface area contributed by atoms with E-state index < -0.39 is 15.9 Å². The van der Waals surface area contributed by atoms with Crippen LogP contribution in [0.25, 0.3) is 0 Å². The second kappa shape index (κ2) is 3.87. The van der Waals surface area contributed by atoms with Crippen molar-refractivity contribution in [3.63, 3.8) is 0 Å². The first kappa shape index (κ1) is 11.5. The number of anilines is 1. The summed E-state index contributed by atoms with van der Waals surface area (Å²) < 4.78 is 22.0. The normalized spacial score (nSPS) is 11.1. The summed E-state index contributed by atoms with van der Waals surface area (Å²) in [4.78, 5) is 11.1. The summed E-state index contributed by atoms with van der Waals surface area (Å²) in [5.74, 6) is -0.460. The van der Waals surface area contributed by atoms with Gasteiger partial charge in [0.25, 0.3) is 5.91 Å². The van der Waals surface area contributed by atoms with Crippen LogP contribution in [0.2, 0.25) is 0 Å². The standard InChI is InChI=1S/C8H11N3O3S/c1-11-8(12)6-4-5(15(10,13)14)2-3-7(6)9/h2-4H,9H2,1H3,(H,11,12)(H2,10,13,14). The quantitative estimate of drug-likeness (QED) is 0.580. The summed E-state index contributed by atoms with van der Waals surface area (Å²) in [5, 5.41) is 7.26. The van der Waals surface area contributed by atoms with E-state index in [1.54, 1.807) is 0 Å². The van der Waals surface area contributed by atoms with Crippen molar-refractivity contribution in [3.8, 4) is 0 Å². The monoisotopic (exact) mass is 229 g/mol. The molecule has 0 radical (unpaired) electrons. The highest BCUT2D eigenvalue weighted by atomic mass is 32.2. The number of carbonyl (C=O) groups excluding carboxylic acids is 1. The Morgan fingerprint density at radius 3 is 2.47 bits per heavy atom. The average molecular weight is 229 g/mol. The first-order valence-corrected chi connectivity index (χ1v) is 5.55. The van der Waals surface area contributed by atoms with Gasteiger partial charge < -0.3 is 11.1 Å². The first-order chi connectivity index (χ1) is 6.86.